The molecule has 0 bridgehead atoms. The third-order valence-electron chi connectivity index (χ3n) is 5.65. The van der Waals surface area contributed by atoms with E-state index in [0.29, 0.717) is 29.9 Å². The maximum Gasteiger partial charge on any atom is 0.261 e. The van der Waals surface area contributed by atoms with E-state index in [1.54, 1.807) is 43.0 Å². The number of carbonyl (C=O) groups is 1. The molecule has 0 aliphatic carbocycles. The lowest BCUT2D eigenvalue weighted by molar-refractivity contribution is -0.117. The molecule has 4 rings (SSSR count). The van der Waals surface area contributed by atoms with Crippen LogP contribution in [0.25, 0.3) is 0 Å². The smallest absolute Gasteiger partial charge is 0.261 e. The van der Waals surface area contributed by atoms with Gasteiger partial charge >= 0.3 is 0 Å². The van der Waals surface area contributed by atoms with Crippen molar-refractivity contribution in [3.8, 4) is 0 Å². The average molecular weight is 500 g/mol. The lowest BCUT2D eigenvalue weighted by atomic mass is 10.2. The molecule has 34 heavy (non-hydrogen) atoms. The lowest BCUT2D eigenvalue weighted by Gasteiger charge is -2.19. The fraction of sp³-hybridized carbons (Fsp3) is 0.208. The van der Waals surface area contributed by atoms with E-state index in [9.17, 15) is 21.6 Å². The van der Waals surface area contributed by atoms with Gasteiger partial charge in [-0.05, 0) is 79.9 Å². The third kappa shape index (κ3) is 4.92. The van der Waals surface area contributed by atoms with Gasteiger partial charge in [0.25, 0.3) is 20.0 Å². The molecule has 1 amide bonds. The van der Waals surface area contributed by atoms with Crippen molar-refractivity contribution >= 4 is 43.0 Å². The van der Waals surface area contributed by atoms with E-state index >= 15 is 0 Å². The molecule has 0 atom stereocenters. The number of sulfonamides is 2. The first-order valence-corrected chi connectivity index (χ1v) is 13.7. The second-order valence-electron chi connectivity index (χ2n) is 8.15. The van der Waals surface area contributed by atoms with Crippen LogP contribution in [-0.2, 0) is 24.8 Å². The number of para-hydroxylation sites is 1. The first kappa shape index (κ1) is 23.8. The van der Waals surface area contributed by atoms with Crippen molar-refractivity contribution in [2.75, 3.05) is 20.9 Å². The van der Waals surface area contributed by atoms with E-state index in [2.05, 4.69) is 9.44 Å². The normalized spacial score (nSPS) is 14.3. The highest BCUT2D eigenvalue weighted by atomic mass is 32.2. The third-order valence-corrected chi connectivity index (χ3v) is 8.41. The van der Waals surface area contributed by atoms with Gasteiger partial charge in [0.05, 0.1) is 15.5 Å². The van der Waals surface area contributed by atoms with Crippen molar-refractivity contribution in [3.63, 3.8) is 0 Å². The van der Waals surface area contributed by atoms with Crippen LogP contribution >= 0.6 is 0 Å². The second kappa shape index (κ2) is 9.11. The fourth-order valence-corrected chi connectivity index (χ4v) is 6.08. The van der Waals surface area contributed by atoms with Crippen LogP contribution in [0.1, 0.15) is 24.0 Å². The van der Waals surface area contributed by atoms with Crippen molar-refractivity contribution in [1.82, 2.24) is 0 Å². The van der Waals surface area contributed by atoms with Crippen molar-refractivity contribution < 1.29 is 21.6 Å². The zero-order valence-corrected chi connectivity index (χ0v) is 20.4. The van der Waals surface area contributed by atoms with Gasteiger partial charge in [0.1, 0.15) is 0 Å². The van der Waals surface area contributed by atoms with Gasteiger partial charge in [0.15, 0.2) is 0 Å². The Morgan fingerprint density at radius 2 is 1.41 bits per heavy atom. The molecular weight excluding hydrogens is 474 g/mol. The Morgan fingerprint density at radius 1 is 0.765 bits per heavy atom. The number of nitrogens with zero attached hydrogens (tertiary/aromatic N) is 1. The van der Waals surface area contributed by atoms with E-state index in [1.807, 2.05) is 6.07 Å². The van der Waals surface area contributed by atoms with Gasteiger partial charge in [0, 0.05) is 24.3 Å². The molecule has 8 nitrogen and oxygen atoms in total. The van der Waals surface area contributed by atoms with Crippen LogP contribution in [0.2, 0.25) is 0 Å². The number of aryl methyl sites for hydroxylation is 2. The molecule has 1 fully saturated rings. The van der Waals surface area contributed by atoms with E-state index in [0.717, 1.165) is 12.0 Å². The standard InChI is InChI=1S/C24H25N3O5S2/c1-17-6-3-4-7-22(17)26-33(29,30)20-11-9-19(10-12-20)25-34(31,32)21-13-14-23(18(2)16-21)27-15-5-8-24(27)28/h3-4,6-7,9-14,16,25-26H,5,8,15H2,1-2H3. The number of hydrogen-bond donors (Lipinski definition) is 2. The average Bonchev–Trinajstić information content (AvgIpc) is 3.21. The highest BCUT2D eigenvalue weighted by Crippen LogP contribution is 2.28. The van der Waals surface area contributed by atoms with Crippen molar-refractivity contribution in [1.29, 1.82) is 0 Å². The number of benzene rings is 3. The van der Waals surface area contributed by atoms with Crippen LogP contribution in [0.15, 0.2) is 76.5 Å². The molecule has 0 unspecified atom stereocenters. The summed E-state index contributed by atoms with van der Waals surface area (Å²) in [6.45, 7) is 4.19. The SMILES string of the molecule is Cc1ccccc1NS(=O)(=O)c1ccc(NS(=O)(=O)c2ccc(N3CCCC3=O)c(C)c2)cc1. The Kier molecular flexibility index (Phi) is 6.37. The highest BCUT2D eigenvalue weighted by Gasteiger charge is 2.24. The van der Waals surface area contributed by atoms with Gasteiger partial charge < -0.3 is 4.90 Å². The molecule has 1 aliphatic heterocycles. The summed E-state index contributed by atoms with van der Waals surface area (Å²) in [6.07, 6.45) is 1.28. The zero-order valence-electron chi connectivity index (χ0n) is 18.8. The van der Waals surface area contributed by atoms with Crippen LogP contribution in [-0.4, -0.2) is 29.3 Å². The number of carbonyl (C=O) groups excluding carboxylic acids is 1. The molecule has 0 radical (unpaired) electrons. The Labute approximate surface area is 199 Å². The molecule has 0 aromatic heterocycles. The number of rotatable bonds is 7. The van der Waals surface area contributed by atoms with Gasteiger partial charge in [-0.3, -0.25) is 14.2 Å². The Balaban J connectivity index is 1.51. The Morgan fingerprint density at radius 3 is 2.03 bits per heavy atom. The van der Waals surface area contributed by atoms with E-state index in [1.165, 1.54) is 36.4 Å². The highest BCUT2D eigenvalue weighted by molar-refractivity contribution is 7.93. The van der Waals surface area contributed by atoms with E-state index in [4.69, 9.17) is 0 Å². The largest absolute Gasteiger partial charge is 0.312 e. The topological polar surface area (TPSA) is 113 Å². The maximum absolute atomic E-state index is 12.9. The molecule has 1 heterocycles. The summed E-state index contributed by atoms with van der Waals surface area (Å²) in [5, 5.41) is 0. The molecule has 1 aliphatic rings. The van der Waals surface area contributed by atoms with E-state index in [-0.39, 0.29) is 21.4 Å². The first-order valence-electron chi connectivity index (χ1n) is 10.7. The molecule has 10 heteroatoms. The van der Waals surface area contributed by atoms with Gasteiger partial charge in [-0.25, -0.2) is 16.8 Å². The number of hydrogen-bond acceptors (Lipinski definition) is 5. The molecule has 3 aromatic carbocycles. The van der Waals surface area contributed by atoms with Crippen molar-refractivity contribution in [2.24, 2.45) is 0 Å². The quantitative estimate of drug-likeness (QED) is 0.510. The lowest BCUT2D eigenvalue weighted by Crippen LogP contribution is -2.24. The molecule has 0 saturated carbocycles. The zero-order chi connectivity index (χ0) is 24.5. The minimum absolute atomic E-state index is 0.00850. The summed E-state index contributed by atoms with van der Waals surface area (Å²) < 4.78 is 56.2. The first-order chi connectivity index (χ1) is 16.1. The summed E-state index contributed by atoms with van der Waals surface area (Å²) in [5.74, 6) is 0.0313. The summed E-state index contributed by atoms with van der Waals surface area (Å²) >= 11 is 0. The molecule has 1 saturated heterocycles. The van der Waals surface area contributed by atoms with Gasteiger partial charge in [-0.15, -0.1) is 0 Å². The van der Waals surface area contributed by atoms with E-state index < -0.39 is 20.0 Å². The molecule has 0 spiro atoms. The minimum atomic E-state index is -3.91. The maximum atomic E-state index is 12.9. The summed E-state index contributed by atoms with van der Waals surface area (Å²) in [5.41, 5.74) is 2.87. The van der Waals surface area contributed by atoms with Crippen LogP contribution in [0.3, 0.4) is 0 Å². The van der Waals surface area contributed by atoms with Crippen LogP contribution < -0.4 is 14.3 Å². The molecule has 2 N–H and O–H groups in total. The second-order valence-corrected chi connectivity index (χ2v) is 11.5. The number of amides is 1. The summed E-state index contributed by atoms with van der Waals surface area (Å²) in [7, 11) is -7.74. The molecular formula is C24H25N3O5S2. The summed E-state index contributed by atoms with van der Waals surface area (Å²) in [6, 6.07) is 17.1. The number of nitrogens with one attached hydrogen (secondary N) is 2. The number of anilines is 3. The predicted molar refractivity (Wildman–Crippen MR) is 132 cm³/mol. The van der Waals surface area contributed by atoms with Gasteiger partial charge in [-0.1, -0.05) is 18.2 Å². The molecule has 178 valence electrons. The fourth-order valence-electron chi connectivity index (χ4n) is 3.81. The van der Waals surface area contributed by atoms with Gasteiger partial charge in [-0.2, -0.15) is 0 Å². The van der Waals surface area contributed by atoms with Crippen LogP contribution in [0.5, 0.6) is 0 Å². The van der Waals surface area contributed by atoms with Crippen molar-refractivity contribution in [3.05, 3.63) is 77.9 Å². The van der Waals surface area contributed by atoms with Crippen molar-refractivity contribution in [2.45, 2.75) is 36.5 Å². The Bertz CT molecular complexity index is 1450. The molecule has 3 aromatic rings. The predicted octanol–water partition coefficient (Wildman–Crippen LogP) is 4.03. The van der Waals surface area contributed by atoms with Gasteiger partial charge in [0.2, 0.25) is 5.91 Å². The van der Waals surface area contributed by atoms with Crippen LogP contribution in [0, 0.1) is 13.8 Å². The minimum Gasteiger partial charge on any atom is -0.312 e. The van der Waals surface area contributed by atoms with Crippen LogP contribution in [0.4, 0.5) is 17.1 Å². The summed E-state index contributed by atoms with van der Waals surface area (Å²) in [4.78, 5) is 13.7. The Hall–Kier alpha value is -3.37. The monoisotopic (exact) mass is 499 g/mol.